The maximum absolute atomic E-state index is 12.8. The first-order valence-corrected chi connectivity index (χ1v) is 9.31. The van der Waals surface area contributed by atoms with Gasteiger partial charge in [-0.1, -0.05) is 12.1 Å². The lowest BCUT2D eigenvalue weighted by Crippen LogP contribution is -2.47. The summed E-state index contributed by atoms with van der Waals surface area (Å²) in [6.07, 6.45) is 2.05. The van der Waals surface area contributed by atoms with Gasteiger partial charge in [-0.15, -0.1) is 11.3 Å². The summed E-state index contributed by atoms with van der Waals surface area (Å²) >= 11 is 1.58. The van der Waals surface area contributed by atoms with E-state index in [2.05, 4.69) is 9.88 Å². The summed E-state index contributed by atoms with van der Waals surface area (Å²) in [6, 6.07) is 7.66. The summed E-state index contributed by atoms with van der Waals surface area (Å²) in [7, 11) is 0. The topological polar surface area (TPSA) is 56.7 Å². The molecule has 1 aromatic carbocycles. The lowest BCUT2D eigenvalue weighted by Gasteiger charge is -2.35. The summed E-state index contributed by atoms with van der Waals surface area (Å²) < 4.78 is 0. The van der Waals surface area contributed by atoms with E-state index in [0.717, 1.165) is 43.7 Å². The molecule has 2 bridgehead atoms. The predicted molar refractivity (Wildman–Crippen MR) is 92.6 cm³/mol. The SMILES string of the molecule is O=C1[C@@H]2CC[C@@H](CN(Cc3cccc(O)c3)C2)N1Cc1cscn1. The average Bonchev–Trinajstić information content (AvgIpc) is 2.94. The largest absolute Gasteiger partial charge is 0.508 e. The molecule has 2 aromatic rings. The Balaban J connectivity index is 1.50. The minimum atomic E-state index is 0.0831. The van der Waals surface area contributed by atoms with E-state index in [1.807, 2.05) is 34.0 Å². The molecule has 0 aliphatic carbocycles. The second-order valence-corrected chi connectivity index (χ2v) is 7.46. The fourth-order valence-electron chi connectivity index (χ4n) is 3.87. The molecule has 4 heterocycles. The number of rotatable bonds is 4. The number of benzene rings is 1. The van der Waals surface area contributed by atoms with E-state index in [4.69, 9.17) is 0 Å². The summed E-state index contributed by atoms with van der Waals surface area (Å²) in [6.45, 7) is 3.10. The van der Waals surface area contributed by atoms with Crippen LogP contribution in [0.2, 0.25) is 0 Å². The van der Waals surface area contributed by atoms with Crippen LogP contribution in [0.1, 0.15) is 24.1 Å². The Labute approximate surface area is 145 Å². The van der Waals surface area contributed by atoms with Crippen molar-refractivity contribution < 1.29 is 9.90 Å². The van der Waals surface area contributed by atoms with Crippen molar-refractivity contribution in [2.75, 3.05) is 13.1 Å². The summed E-state index contributed by atoms with van der Waals surface area (Å²) in [4.78, 5) is 21.5. The maximum atomic E-state index is 12.8. The zero-order chi connectivity index (χ0) is 16.5. The molecule has 0 radical (unpaired) electrons. The van der Waals surface area contributed by atoms with Gasteiger partial charge in [-0.3, -0.25) is 9.69 Å². The number of aromatic hydroxyl groups is 1. The van der Waals surface area contributed by atoms with Gasteiger partial charge in [0.25, 0.3) is 0 Å². The Bertz CT molecular complexity index is 719. The number of fused-ring (bicyclic) bond motifs is 4. The van der Waals surface area contributed by atoms with E-state index < -0.39 is 0 Å². The van der Waals surface area contributed by atoms with Crippen LogP contribution >= 0.6 is 11.3 Å². The van der Waals surface area contributed by atoms with Crippen molar-refractivity contribution in [3.05, 3.63) is 46.4 Å². The van der Waals surface area contributed by atoms with E-state index >= 15 is 0 Å². The molecule has 1 aromatic heterocycles. The van der Waals surface area contributed by atoms with Crippen LogP contribution in [0.25, 0.3) is 0 Å². The molecule has 3 saturated heterocycles. The van der Waals surface area contributed by atoms with Gasteiger partial charge in [0.2, 0.25) is 5.91 Å². The fourth-order valence-corrected chi connectivity index (χ4v) is 4.42. The lowest BCUT2D eigenvalue weighted by atomic mass is 9.94. The van der Waals surface area contributed by atoms with E-state index in [1.165, 1.54) is 0 Å². The van der Waals surface area contributed by atoms with Crippen LogP contribution in [0, 0.1) is 5.92 Å². The van der Waals surface area contributed by atoms with Crippen LogP contribution in [0.15, 0.2) is 35.2 Å². The Morgan fingerprint density at radius 1 is 1.25 bits per heavy atom. The number of phenolic OH excluding ortho intramolecular Hbond substituents is 1. The highest BCUT2D eigenvalue weighted by molar-refractivity contribution is 7.07. The van der Waals surface area contributed by atoms with Gasteiger partial charge in [0, 0.05) is 31.1 Å². The number of amides is 1. The molecule has 24 heavy (non-hydrogen) atoms. The fraction of sp³-hybridized carbons (Fsp3) is 0.444. The van der Waals surface area contributed by atoms with E-state index in [-0.39, 0.29) is 17.9 Å². The maximum Gasteiger partial charge on any atom is 0.227 e. The molecule has 6 heteroatoms. The number of piperidine rings is 1. The van der Waals surface area contributed by atoms with Crippen LogP contribution < -0.4 is 0 Å². The molecule has 0 unspecified atom stereocenters. The summed E-state index contributed by atoms with van der Waals surface area (Å²) in [5.74, 6) is 0.656. The van der Waals surface area contributed by atoms with E-state index in [1.54, 1.807) is 17.4 Å². The van der Waals surface area contributed by atoms with Crippen LogP contribution in [0.4, 0.5) is 0 Å². The minimum absolute atomic E-state index is 0.0831. The predicted octanol–water partition coefficient (Wildman–Crippen LogP) is 2.47. The monoisotopic (exact) mass is 343 g/mol. The Hall–Kier alpha value is -1.92. The van der Waals surface area contributed by atoms with Crippen molar-refractivity contribution in [1.29, 1.82) is 0 Å². The minimum Gasteiger partial charge on any atom is -0.508 e. The van der Waals surface area contributed by atoms with Crippen LogP contribution in [0.3, 0.4) is 0 Å². The molecular formula is C18H21N3O2S. The van der Waals surface area contributed by atoms with Gasteiger partial charge in [-0.05, 0) is 30.5 Å². The van der Waals surface area contributed by atoms with Crippen molar-refractivity contribution in [1.82, 2.24) is 14.8 Å². The van der Waals surface area contributed by atoms with Crippen LogP contribution in [-0.2, 0) is 17.9 Å². The van der Waals surface area contributed by atoms with Gasteiger partial charge in [-0.2, -0.15) is 0 Å². The number of thiazole rings is 1. The van der Waals surface area contributed by atoms with Gasteiger partial charge < -0.3 is 10.0 Å². The molecule has 0 saturated carbocycles. The Morgan fingerprint density at radius 3 is 2.96 bits per heavy atom. The molecule has 126 valence electrons. The van der Waals surface area contributed by atoms with Crippen LogP contribution in [0.5, 0.6) is 5.75 Å². The molecule has 3 aliphatic rings. The number of nitrogens with zero attached hydrogens (tertiary/aromatic N) is 3. The van der Waals surface area contributed by atoms with E-state index in [9.17, 15) is 9.90 Å². The van der Waals surface area contributed by atoms with Gasteiger partial charge in [-0.25, -0.2) is 4.98 Å². The van der Waals surface area contributed by atoms with Gasteiger partial charge >= 0.3 is 0 Å². The summed E-state index contributed by atoms with van der Waals surface area (Å²) in [5, 5.41) is 11.7. The van der Waals surface area contributed by atoms with Crippen molar-refractivity contribution in [3.8, 4) is 5.75 Å². The lowest BCUT2D eigenvalue weighted by molar-refractivity contribution is -0.140. The molecule has 3 fully saturated rings. The van der Waals surface area contributed by atoms with Crippen LogP contribution in [-0.4, -0.2) is 44.9 Å². The second-order valence-electron chi connectivity index (χ2n) is 6.74. The van der Waals surface area contributed by atoms with E-state index in [0.29, 0.717) is 12.3 Å². The highest BCUT2D eigenvalue weighted by atomic mass is 32.1. The Morgan fingerprint density at radius 2 is 2.17 bits per heavy atom. The Kier molecular flexibility index (Phi) is 4.24. The van der Waals surface area contributed by atoms with Crippen molar-refractivity contribution in [2.24, 2.45) is 5.92 Å². The second kappa shape index (κ2) is 6.53. The molecule has 5 nitrogen and oxygen atoms in total. The molecule has 0 spiro atoms. The quantitative estimate of drug-likeness (QED) is 0.927. The molecule has 1 amide bonds. The molecule has 1 N–H and O–H groups in total. The summed E-state index contributed by atoms with van der Waals surface area (Å²) in [5.41, 5.74) is 3.90. The highest BCUT2D eigenvalue weighted by Crippen LogP contribution is 2.31. The first kappa shape index (κ1) is 15.6. The number of aromatic nitrogens is 1. The number of carbonyl (C=O) groups excluding carboxylic acids is 1. The molecular weight excluding hydrogens is 322 g/mol. The number of phenols is 1. The zero-order valence-electron chi connectivity index (χ0n) is 13.5. The van der Waals surface area contributed by atoms with Gasteiger partial charge in [0.05, 0.1) is 23.7 Å². The number of hydrogen-bond donors (Lipinski definition) is 1. The first-order valence-electron chi connectivity index (χ1n) is 8.37. The smallest absolute Gasteiger partial charge is 0.227 e. The normalized spacial score (nSPS) is 24.3. The zero-order valence-corrected chi connectivity index (χ0v) is 14.3. The molecule has 3 aliphatic heterocycles. The third kappa shape index (κ3) is 3.16. The number of carbonyl (C=O) groups is 1. The van der Waals surface area contributed by atoms with Crippen molar-refractivity contribution >= 4 is 17.2 Å². The third-order valence-electron chi connectivity index (χ3n) is 5.00. The van der Waals surface area contributed by atoms with Gasteiger partial charge in [0.1, 0.15) is 5.75 Å². The van der Waals surface area contributed by atoms with Gasteiger partial charge in [0.15, 0.2) is 0 Å². The molecule has 2 atom stereocenters. The highest BCUT2D eigenvalue weighted by Gasteiger charge is 2.40. The van der Waals surface area contributed by atoms with Crippen molar-refractivity contribution in [2.45, 2.75) is 32.0 Å². The third-order valence-corrected chi connectivity index (χ3v) is 5.64. The number of hydrogen-bond acceptors (Lipinski definition) is 5. The standard InChI is InChI=1S/C18H21N3O2S/c22-17-3-1-2-13(6-17)7-20-8-14-4-5-16(10-20)21(18(14)23)9-15-11-24-12-19-15/h1-3,6,11-12,14,16,22H,4-5,7-10H2/t14-,16+/m1/s1. The molecule has 5 rings (SSSR count). The van der Waals surface area contributed by atoms with Crippen molar-refractivity contribution in [3.63, 3.8) is 0 Å². The first-order chi connectivity index (χ1) is 11.7. The average molecular weight is 343 g/mol.